The van der Waals surface area contributed by atoms with E-state index in [0.717, 1.165) is 33.9 Å². The van der Waals surface area contributed by atoms with Gasteiger partial charge < -0.3 is 20.1 Å². The molecule has 0 bridgehead atoms. The Bertz CT molecular complexity index is 1180. The Hall–Kier alpha value is -3.80. The van der Waals surface area contributed by atoms with Crippen LogP contribution in [0.5, 0.6) is 0 Å². The van der Waals surface area contributed by atoms with Crippen LogP contribution < -0.4 is 10.6 Å². The number of nitrogens with zero attached hydrogens (tertiary/aromatic N) is 2. The van der Waals surface area contributed by atoms with Gasteiger partial charge in [-0.15, -0.1) is 0 Å². The molecule has 3 aromatic carbocycles. The van der Waals surface area contributed by atoms with Gasteiger partial charge in [0, 0.05) is 0 Å². The molecule has 6 nitrogen and oxygen atoms in total. The van der Waals surface area contributed by atoms with E-state index >= 15 is 0 Å². The number of nitrogens with one attached hydrogen (secondary N) is 2. The fraction of sp³-hybridized carbons (Fsp3) is 0.333. The van der Waals surface area contributed by atoms with Crippen LogP contribution in [0, 0.1) is 11.8 Å². The first kappa shape index (κ1) is 23.9. The third kappa shape index (κ3) is 5.08. The Morgan fingerprint density at radius 1 is 0.583 bits per heavy atom. The zero-order chi connectivity index (χ0) is 25.1. The van der Waals surface area contributed by atoms with Gasteiger partial charge in [0.2, 0.25) is 11.8 Å². The molecule has 2 aliphatic heterocycles. The van der Waals surface area contributed by atoms with E-state index in [4.69, 9.17) is 19.5 Å². The highest BCUT2D eigenvalue weighted by Crippen LogP contribution is 2.33. The van der Waals surface area contributed by atoms with Gasteiger partial charge in [-0.2, -0.15) is 0 Å². The summed E-state index contributed by atoms with van der Waals surface area (Å²) < 4.78 is 12.0. The number of rotatable bonds is 8. The Morgan fingerprint density at radius 3 is 1.31 bits per heavy atom. The topological polar surface area (TPSA) is 67.2 Å². The maximum absolute atomic E-state index is 5.98. The summed E-state index contributed by atoms with van der Waals surface area (Å²) in [6.45, 7) is 9.95. The van der Waals surface area contributed by atoms with E-state index in [1.54, 1.807) is 0 Å². The van der Waals surface area contributed by atoms with Gasteiger partial charge >= 0.3 is 0 Å². The Balaban J connectivity index is 1.42. The van der Waals surface area contributed by atoms with Crippen molar-refractivity contribution < 1.29 is 9.47 Å². The van der Waals surface area contributed by atoms with E-state index in [1.165, 1.54) is 0 Å². The standard InChI is InChI=1S/C30H34N4O2/c1-19(2)27-17-35-29(33-27)21-11-5-7-13-23(21)31-25-15-9-10-16-26(25)32-24-14-8-6-12-22(24)30-34-28(18-36-30)20(3)4/h5-16,19-20,27-28,31-32H,17-18H2,1-4H3/t27-,28-/m0/s1. The molecule has 186 valence electrons. The highest BCUT2D eigenvalue weighted by atomic mass is 16.5. The average Bonchev–Trinajstić information content (AvgIpc) is 3.57. The second-order valence-electron chi connectivity index (χ2n) is 10.00. The molecule has 6 heteroatoms. The molecule has 36 heavy (non-hydrogen) atoms. The monoisotopic (exact) mass is 482 g/mol. The summed E-state index contributed by atoms with van der Waals surface area (Å²) in [6, 6.07) is 24.8. The number of benzene rings is 3. The van der Waals surface area contributed by atoms with Crippen molar-refractivity contribution >= 4 is 34.5 Å². The molecule has 0 aliphatic carbocycles. The van der Waals surface area contributed by atoms with Crippen molar-refractivity contribution in [3.8, 4) is 0 Å². The molecule has 3 aromatic rings. The van der Waals surface area contributed by atoms with Crippen molar-refractivity contribution in [1.29, 1.82) is 0 Å². The first-order valence-electron chi connectivity index (χ1n) is 12.7. The van der Waals surface area contributed by atoms with Crippen LogP contribution in [0.4, 0.5) is 22.7 Å². The van der Waals surface area contributed by atoms with Gasteiger partial charge in [-0.05, 0) is 48.2 Å². The van der Waals surface area contributed by atoms with Crippen LogP contribution in [0.2, 0.25) is 0 Å². The smallest absolute Gasteiger partial charge is 0.218 e. The average molecular weight is 483 g/mol. The predicted molar refractivity (Wildman–Crippen MR) is 148 cm³/mol. The van der Waals surface area contributed by atoms with E-state index < -0.39 is 0 Å². The molecule has 0 amide bonds. The van der Waals surface area contributed by atoms with Crippen LogP contribution >= 0.6 is 0 Å². The summed E-state index contributed by atoms with van der Waals surface area (Å²) in [5, 5.41) is 7.22. The van der Waals surface area contributed by atoms with E-state index in [2.05, 4.69) is 74.7 Å². The normalized spacial score (nSPS) is 19.1. The zero-order valence-corrected chi connectivity index (χ0v) is 21.4. The minimum Gasteiger partial charge on any atom is -0.475 e. The predicted octanol–water partition coefficient (Wildman–Crippen LogP) is 6.78. The molecule has 0 spiro atoms. The molecule has 0 saturated heterocycles. The molecule has 0 unspecified atom stereocenters. The fourth-order valence-corrected chi connectivity index (χ4v) is 4.31. The minimum absolute atomic E-state index is 0.189. The molecule has 0 radical (unpaired) electrons. The maximum atomic E-state index is 5.98. The van der Waals surface area contributed by atoms with Crippen molar-refractivity contribution in [3.63, 3.8) is 0 Å². The van der Waals surface area contributed by atoms with E-state index in [9.17, 15) is 0 Å². The van der Waals surface area contributed by atoms with Crippen LogP contribution in [0.15, 0.2) is 82.8 Å². The quantitative estimate of drug-likeness (QED) is 0.371. The van der Waals surface area contributed by atoms with E-state index in [1.807, 2.05) is 36.4 Å². The molecule has 2 aliphatic rings. The molecule has 2 N–H and O–H groups in total. The summed E-state index contributed by atoms with van der Waals surface area (Å²) in [5.74, 6) is 2.28. The lowest BCUT2D eigenvalue weighted by Crippen LogP contribution is -2.13. The highest BCUT2D eigenvalue weighted by molar-refractivity contribution is 6.03. The van der Waals surface area contributed by atoms with Gasteiger partial charge in [-0.25, -0.2) is 9.98 Å². The lowest BCUT2D eigenvalue weighted by atomic mass is 10.1. The van der Waals surface area contributed by atoms with Gasteiger partial charge in [-0.3, -0.25) is 0 Å². The molecule has 0 saturated carbocycles. The minimum atomic E-state index is 0.189. The third-order valence-electron chi connectivity index (χ3n) is 6.67. The van der Waals surface area contributed by atoms with E-state index in [-0.39, 0.29) is 12.1 Å². The van der Waals surface area contributed by atoms with Crippen molar-refractivity contribution in [2.75, 3.05) is 23.8 Å². The lowest BCUT2D eigenvalue weighted by molar-refractivity contribution is 0.292. The second kappa shape index (κ2) is 10.4. The molecule has 0 fully saturated rings. The third-order valence-corrected chi connectivity index (χ3v) is 6.67. The summed E-state index contributed by atoms with van der Waals surface area (Å²) in [5.41, 5.74) is 5.73. The van der Waals surface area contributed by atoms with E-state index in [0.29, 0.717) is 36.8 Å². The van der Waals surface area contributed by atoms with Crippen molar-refractivity contribution in [2.24, 2.45) is 21.8 Å². The number of hydrogen-bond donors (Lipinski definition) is 2. The van der Waals surface area contributed by atoms with Gasteiger partial charge in [0.05, 0.1) is 46.0 Å². The van der Waals surface area contributed by atoms with Crippen molar-refractivity contribution in [3.05, 3.63) is 83.9 Å². The molecule has 0 aromatic heterocycles. The van der Waals surface area contributed by atoms with Crippen LogP contribution in [0.3, 0.4) is 0 Å². The van der Waals surface area contributed by atoms with Crippen molar-refractivity contribution in [2.45, 2.75) is 39.8 Å². The van der Waals surface area contributed by atoms with Crippen molar-refractivity contribution in [1.82, 2.24) is 0 Å². The summed E-state index contributed by atoms with van der Waals surface area (Å²) in [6.07, 6.45) is 0. The van der Waals surface area contributed by atoms with Gasteiger partial charge in [0.1, 0.15) is 13.2 Å². The number of ether oxygens (including phenoxy) is 2. The molecule has 2 heterocycles. The van der Waals surface area contributed by atoms with Crippen LogP contribution in [0.25, 0.3) is 0 Å². The highest BCUT2D eigenvalue weighted by Gasteiger charge is 2.26. The number of aliphatic imine (C=N–C) groups is 2. The number of para-hydroxylation sites is 4. The lowest BCUT2D eigenvalue weighted by Gasteiger charge is -2.17. The largest absolute Gasteiger partial charge is 0.475 e. The van der Waals surface area contributed by atoms with Crippen LogP contribution in [0.1, 0.15) is 38.8 Å². The molecular weight excluding hydrogens is 448 g/mol. The number of anilines is 4. The number of hydrogen-bond acceptors (Lipinski definition) is 6. The Labute approximate surface area is 213 Å². The Kier molecular flexibility index (Phi) is 6.94. The maximum Gasteiger partial charge on any atom is 0.218 e. The van der Waals surface area contributed by atoms with Crippen LogP contribution in [-0.2, 0) is 9.47 Å². The molecule has 5 rings (SSSR count). The van der Waals surface area contributed by atoms with Gasteiger partial charge in [0.15, 0.2) is 0 Å². The summed E-state index contributed by atoms with van der Waals surface area (Å²) in [4.78, 5) is 9.67. The summed E-state index contributed by atoms with van der Waals surface area (Å²) in [7, 11) is 0. The SMILES string of the molecule is CC(C)[C@@H]1COC(c2ccccc2Nc2ccccc2Nc2ccccc2C2=N[C@H](C(C)C)CO2)=N1. The first-order valence-corrected chi connectivity index (χ1v) is 12.7. The van der Waals surface area contributed by atoms with Gasteiger partial charge in [-0.1, -0.05) is 64.1 Å². The fourth-order valence-electron chi connectivity index (χ4n) is 4.31. The summed E-state index contributed by atoms with van der Waals surface area (Å²) >= 11 is 0. The second-order valence-corrected chi connectivity index (χ2v) is 10.00. The zero-order valence-electron chi connectivity index (χ0n) is 21.4. The van der Waals surface area contributed by atoms with Gasteiger partial charge in [0.25, 0.3) is 0 Å². The Morgan fingerprint density at radius 2 is 0.944 bits per heavy atom. The molecule has 2 atom stereocenters. The molecular formula is C30H34N4O2. The van der Waals surface area contributed by atoms with Crippen LogP contribution in [-0.4, -0.2) is 37.1 Å². The first-order chi connectivity index (χ1) is 17.5.